The molecule has 0 N–H and O–H groups in total. The number of nitrogens with zero attached hydrogens (tertiary/aromatic N) is 4. The van der Waals surface area contributed by atoms with E-state index in [2.05, 4.69) is 46.7 Å². The summed E-state index contributed by atoms with van der Waals surface area (Å²) < 4.78 is 0. The Bertz CT molecular complexity index is 835. The molecule has 0 atom stereocenters. The van der Waals surface area contributed by atoms with Gasteiger partial charge in [-0.05, 0) is 49.7 Å². The molecule has 6 heteroatoms. The first-order valence-corrected chi connectivity index (χ1v) is 10.7. The molecule has 2 heterocycles. The van der Waals surface area contributed by atoms with Crippen LogP contribution in [-0.4, -0.2) is 44.8 Å². The van der Waals surface area contributed by atoms with Crippen LogP contribution in [0.4, 0.5) is 0 Å². The highest BCUT2D eigenvalue weighted by atomic mass is 32.2. The van der Waals surface area contributed by atoms with Crippen LogP contribution in [0.5, 0.6) is 0 Å². The van der Waals surface area contributed by atoms with Crippen molar-refractivity contribution in [3.63, 3.8) is 0 Å². The van der Waals surface area contributed by atoms with Crippen LogP contribution in [0.15, 0.2) is 41.6 Å². The van der Waals surface area contributed by atoms with Gasteiger partial charge in [0.25, 0.3) is 0 Å². The predicted molar refractivity (Wildman–Crippen MR) is 109 cm³/mol. The summed E-state index contributed by atoms with van der Waals surface area (Å²) in [6.45, 7) is 1.75. The highest BCUT2D eigenvalue weighted by Crippen LogP contribution is 2.29. The summed E-state index contributed by atoms with van der Waals surface area (Å²) >= 11 is 1.38. The van der Waals surface area contributed by atoms with Gasteiger partial charge in [0.15, 0.2) is 0 Å². The van der Waals surface area contributed by atoms with E-state index in [1.807, 2.05) is 4.90 Å². The maximum atomic E-state index is 12.3. The lowest BCUT2D eigenvalue weighted by molar-refractivity contribution is -0.127. The SMILES string of the molecule is O=C(CSc1nnc(C2=CCCC=C2)c(C2=CCCC=C2)n1)N1CCCC1. The molecule has 0 bridgehead atoms. The van der Waals surface area contributed by atoms with Gasteiger partial charge >= 0.3 is 0 Å². The minimum Gasteiger partial charge on any atom is -0.342 e. The van der Waals surface area contributed by atoms with Gasteiger partial charge in [-0.2, -0.15) is 0 Å². The summed E-state index contributed by atoms with van der Waals surface area (Å²) in [4.78, 5) is 19.0. The van der Waals surface area contributed by atoms with Crippen molar-refractivity contribution in [3.8, 4) is 0 Å². The minimum absolute atomic E-state index is 0.168. The molecule has 1 aromatic heterocycles. The van der Waals surface area contributed by atoms with Gasteiger partial charge in [0.2, 0.25) is 11.1 Å². The molecule has 1 aromatic rings. The largest absolute Gasteiger partial charge is 0.342 e. The van der Waals surface area contributed by atoms with Gasteiger partial charge < -0.3 is 4.90 Å². The van der Waals surface area contributed by atoms with Gasteiger partial charge in [0, 0.05) is 13.1 Å². The molecule has 0 aromatic carbocycles. The van der Waals surface area contributed by atoms with Crippen LogP contribution < -0.4 is 0 Å². The molecule has 140 valence electrons. The van der Waals surface area contributed by atoms with Crippen molar-refractivity contribution in [1.29, 1.82) is 0 Å². The van der Waals surface area contributed by atoms with E-state index in [9.17, 15) is 4.79 Å². The van der Waals surface area contributed by atoms with E-state index < -0.39 is 0 Å². The molecule has 0 saturated carbocycles. The molecule has 1 saturated heterocycles. The van der Waals surface area contributed by atoms with E-state index in [4.69, 9.17) is 4.98 Å². The zero-order chi connectivity index (χ0) is 18.5. The molecule has 2 aliphatic carbocycles. The van der Waals surface area contributed by atoms with Crippen LogP contribution in [-0.2, 0) is 4.79 Å². The third-order valence-corrected chi connectivity index (χ3v) is 5.81. The lowest BCUT2D eigenvalue weighted by Gasteiger charge is -2.15. The summed E-state index contributed by atoms with van der Waals surface area (Å²) in [7, 11) is 0. The molecule has 4 rings (SSSR count). The molecule has 27 heavy (non-hydrogen) atoms. The lowest BCUT2D eigenvalue weighted by Crippen LogP contribution is -2.29. The predicted octanol–water partition coefficient (Wildman–Crippen LogP) is 4.05. The van der Waals surface area contributed by atoms with Crippen LogP contribution in [0, 0.1) is 0 Å². The van der Waals surface area contributed by atoms with Crippen molar-refractivity contribution in [2.75, 3.05) is 18.8 Å². The van der Waals surface area contributed by atoms with Crippen LogP contribution in [0.25, 0.3) is 11.1 Å². The Morgan fingerprint density at radius 3 is 2.22 bits per heavy atom. The number of hydrogen-bond donors (Lipinski definition) is 0. The minimum atomic E-state index is 0.168. The Balaban J connectivity index is 1.57. The molecule has 1 amide bonds. The number of carbonyl (C=O) groups excluding carboxylic acids is 1. The van der Waals surface area contributed by atoms with Crippen molar-refractivity contribution >= 4 is 28.8 Å². The number of aromatic nitrogens is 3. The van der Waals surface area contributed by atoms with E-state index >= 15 is 0 Å². The third kappa shape index (κ3) is 4.38. The zero-order valence-electron chi connectivity index (χ0n) is 15.4. The topological polar surface area (TPSA) is 59.0 Å². The second-order valence-corrected chi connectivity index (χ2v) is 7.89. The van der Waals surface area contributed by atoms with Gasteiger partial charge in [0.05, 0.1) is 5.75 Å². The number of rotatable bonds is 5. The maximum Gasteiger partial charge on any atom is 0.233 e. The maximum absolute atomic E-state index is 12.3. The fourth-order valence-electron chi connectivity index (χ4n) is 3.53. The van der Waals surface area contributed by atoms with Crippen LogP contribution in [0.2, 0.25) is 0 Å². The molecule has 0 unspecified atom stereocenters. The molecule has 5 nitrogen and oxygen atoms in total. The molecule has 0 spiro atoms. The highest BCUT2D eigenvalue weighted by molar-refractivity contribution is 7.99. The smallest absolute Gasteiger partial charge is 0.233 e. The summed E-state index contributed by atoms with van der Waals surface area (Å²) in [5.41, 5.74) is 3.88. The summed E-state index contributed by atoms with van der Waals surface area (Å²) in [5, 5.41) is 9.38. The molecule has 3 aliphatic rings. The molecule has 1 fully saturated rings. The average molecular weight is 381 g/mol. The van der Waals surface area contributed by atoms with Crippen LogP contribution >= 0.6 is 11.8 Å². The molecule has 0 radical (unpaired) electrons. The monoisotopic (exact) mass is 380 g/mol. The summed E-state index contributed by atoms with van der Waals surface area (Å²) in [6.07, 6.45) is 19.4. The van der Waals surface area contributed by atoms with Crippen molar-refractivity contribution in [2.24, 2.45) is 0 Å². The van der Waals surface area contributed by atoms with Gasteiger partial charge in [-0.15, -0.1) is 10.2 Å². The van der Waals surface area contributed by atoms with Crippen molar-refractivity contribution < 1.29 is 4.79 Å². The second-order valence-electron chi connectivity index (χ2n) is 6.95. The first kappa shape index (κ1) is 18.2. The number of carbonyl (C=O) groups is 1. The Labute approximate surface area is 164 Å². The fraction of sp³-hybridized carbons (Fsp3) is 0.429. The number of amides is 1. The van der Waals surface area contributed by atoms with Gasteiger partial charge in [-0.3, -0.25) is 4.79 Å². The van der Waals surface area contributed by atoms with Gasteiger partial charge in [-0.1, -0.05) is 48.2 Å². The van der Waals surface area contributed by atoms with E-state index in [1.54, 1.807) is 0 Å². The molecular weight excluding hydrogens is 356 g/mol. The standard InChI is InChI=1S/C21H24N4OS/c26-18(25-13-7-8-14-25)15-27-21-22-19(16-9-3-1-4-10-16)20(23-24-21)17-11-5-2-6-12-17/h3,5,9-12H,1-2,4,6-8,13-15H2. The summed E-state index contributed by atoms with van der Waals surface area (Å²) in [5.74, 6) is 0.541. The van der Waals surface area contributed by atoms with Crippen LogP contribution in [0.1, 0.15) is 49.9 Å². The second kappa shape index (κ2) is 8.65. The lowest BCUT2D eigenvalue weighted by atomic mass is 9.97. The molecular formula is C21H24N4OS. The number of allylic oxidation sites excluding steroid dienone is 8. The number of likely N-dealkylation sites (tertiary alicyclic amines) is 1. The Hall–Kier alpha value is -2.21. The zero-order valence-corrected chi connectivity index (χ0v) is 16.2. The fourth-order valence-corrected chi connectivity index (χ4v) is 4.22. The van der Waals surface area contributed by atoms with Crippen molar-refractivity contribution in [1.82, 2.24) is 20.1 Å². The Kier molecular flexibility index (Phi) is 5.82. The van der Waals surface area contributed by atoms with E-state index in [0.717, 1.165) is 74.1 Å². The highest BCUT2D eigenvalue weighted by Gasteiger charge is 2.20. The third-order valence-electron chi connectivity index (χ3n) is 4.99. The van der Waals surface area contributed by atoms with Gasteiger partial charge in [0.1, 0.15) is 11.4 Å². The number of thioether (sulfide) groups is 1. The Morgan fingerprint density at radius 2 is 1.59 bits per heavy atom. The van der Waals surface area contributed by atoms with Crippen LogP contribution in [0.3, 0.4) is 0 Å². The van der Waals surface area contributed by atoms with Gasteiger partial charge in [-0.25, -0.2) is 4.98 Å². The average Bonchev–Trinajstić information content (AvgIpc) is 3.28. The van der Waals surface area contributed by atoms with Crippen molar-refractivity contribution in [3.05, 3.63) is 47.8 Å². The summed E-state index contributed by atoms with van der Waals surface area (Å²) in [6, 6.07) is 0. The number of hydrogen-bond acceptors (Lipinski definition) is 5. The van der Waals surface area contributed by atoms with E-state index in [0.29, 0.717) is 10.9 Å². The Morgan fingerprint density at radius 1 is 0.926 bits per heavy atom. The normalized spacial score (nSPS) is 19.2. The molecule has 1 aliphatic heterocycles. The first-order chi connectivity index (χ1) is 13.3. The van der Waals surface area contributed by atoms with E-state index in [-0.39, 0.29) is 5.91 Å². The quantitative estimate of drug-likeness (QED) is 0.721. The first-order valence-electron chi connectivity index (χ1n) is 9.71. The van der Waals surface area contributed by atoms with Crippen molar-refractivity contribution in [2.45, 2.75) is 43.7 Å². The van der Waals surface area contributed by atoms with E-state index in [1.165, 1.54) is 11.8 Å².